The molecule has 4 rings (SSSR count). The summed E-state index contributed by atoms with van der Waals surface area (Å²) in [6.07, 6.45) is 1.66. The molecule has 0 unspecified atom stereocenters. The molecule has 0 aliphatic carbocycles. The topological polar surface area (TPSA) is 41.4 Å². The van der Waals surface area contributed by atoms with Crippen LogP contribution >= 0.6 is 34.8 Å². The highest BCUT2D eigenvalue weighted by Gasteiger charge is 2.22. The molecule has 0 spiro atoms. The lowest BCUT2D eigenvalue weighted by Gasteiger charge is -2.36. The summed E-state index contributed by atoms with van der Waals surface area (Å²) in [6, 6.07) is 14.8. The summed E-state index contributed by atoms with van der Waals surface area (Å²) in [5.41, 5.74) is 1.97. The Kier molecular flexibility index (Phi) is 6.11. The lowest BCUT2D eigenvalue weighted by molar-refractivity contribution is 0.250. The molecule has 1 aliphatic rings. The molecule has 3 aromatic rings. The summed E-state index contributed by atoms with van der Waals surface area (Å²) in [6.45, 7) is 3.77. The molecule has 8 heteroatoms. The van der Waals surface area contributed by atoms with Gasteiger partial charge in [-0.05, 0) is 24.3 Å². The zero-order valence-corrected chi connectivity index (χ0v) is 17.8. The van der Waals surface area contributed by atoms with Crippen LogP contribution in [-0.2, 0) is 6.54 Å². The molecule has 2 aromatic carbocycles. The summed E-state index contributed by atoms with van der Waals surface area (Å²) in [5, 5.41) is 5.87. The van der Waals surface area contributed by atoms with E-state index in [-0.39, 0.29) is 10.6 Å². The number of hydrogen-bond acceptors (Lipinski definition) is 4. The maximum atomic E-state index is 12.7. The summed E-state index contributed by atoms with van der Waals surface area (Å²) in [7, 11) is 0. The van der Waals surface area contributed by atoms with Gasteiger partial charge in [-0.2, -0.15) is 9.78 Å². The summed E-state index contributed by atoms with van der Waals surface area (Å²) < 4.78 is 1.32. The van der Waals surface area contributed by atoms with Crippen LogP contribution in [0.3, 0.4) is 0 Å². The van der Waals surface area contributed by atoms with E-state index in [1.807, 2.05) is 48.5 Å². The van der Waals surface area contributed by atoms with E-state index in [1.54, 1.807) is 6.20 Å². The van der Waals surface area contributed by atoms with Crippen LogP contribution in [0.25, 0.3) is 5.69 Å². The molecule has 0 bridgehead atoms. The minimum absolute atomic E-state index is 0.187. The van der Waals surface area contributed by atoms with Crippen molar-refractivity contribution < 1.29 is 0 Å². The second-order valence-corrected chi connectivity index (χ2v) is 8.05. The Morgan fingerprint density at radius 2 is 1.52 bits per heavy atom. The first kappa shape index (κ1) is 20.2. The summed E-state index contributed by atoms with van der Waals surface area (Å²) in [4.78, 5) is 17.1. The van der Waals surface area contributed by atoms with E-state index in [1.165, 1.54) is 4.68 Å². The third kappa shape index (κ3) is 4.28. The first-order valence-corrected chi connectivity index (χ1v) is 10.4. The molecule has 0 atom stereocenters. The molecule has 29 heavy (non-hydrogen) atoms. The Morgan fingerprint density at radius 3 is 2.17 bits per heavy atom. The minimum atomic E-state index is -0.319. The molecule has 1 aromatic heterocycles. The molecule has 0 saturated carbocycles. The number of benzene rings is 2. The van der Waals surface area contributed by atoms with Crippen molar-refractivity contribution in [2.45, 2.75) is 6.54 Å². The van der Waals surface area contributed by atoms with Gasteiger partial charge in [0.05, 0.1) is 17.6 Å². The van der Waals surface area contributed by atoms with Gasteiger partial charge in [0.15, 0.2) is 0 Å². The van der Waals surface area contributed by atoms with Crippen LogP contribution in [0.15, 0.2) is 59.5 Å². The highest BCUT2D eigenvalue weighted by Crippen LogP contribution is 2.27. The number of para-hydroxylation sites is 1. The van der Waals surface area contributed by atoms with Crippen molar-refractivity contribution in [2.24, 2.45) is 0 Å². The second-order valence-electron chi connectivity index (χ2n) is 6.86. The first-order chi connectivity index (χ1) is 14.0. The fraction of sp³-hybridized carbons (Fsp3) is 0.238. The van der Waals surface area contributed by atoms with Gasteiger partial charge in [-0.1, -0.05) is 59.1 Å². The number of piperazine rings is 1. The van der Waals surface area contributed by atoms with E-state index in [0.29, 0.717) is 28.0 Å². The van der Waals surface area contributed by atoms with Crippen LogP contribution in [0.1, 0.15) is 5.56 Å². The average Bonchev–Trinajstić information content (AvgIpc) is 2.74. The van der Waals surface area contributed by atoms with Crippen LogP contribution in [0.5, 0.6) is 0 Å². The van der Waals surface area contributed by atoms with Crippen molar-refractivity contribution in [3.63, 3.8) is 0 Å². The van der Waals surface area contributed by atoms with E-state index < -0.39 is 0 Å². The molecule has 1 saturated heterocycles. The zero-order chi connectivity index (χ0) is 20.4. The van der Waals surface area contributed by atoms with Gasteiger partial charge in [0.1, 0.15) is 5.02 Å². The Morgan fingerprint density at radius 1 is 0.862 bits per heavy atom. The predicted octanol–water partition coefficient (Wildman–Crippen LogP) is 4.51. The molecule has 5 nitrogen and oxygen atoms in total. The molecule has 0 amide bonds. The maximum Gasteiger partial charge on any atom is 0.292 e. The number of halogens is 3. The van der Waals surface area contributed by atoms with Gasteiger partial charge in [0, 0.05) is 48.3 Å². The molecular weight excluding hydrogens is 431 g/mol. The largest absolute Gasteiger partial charge is 0.366 e. The highest BCUT2D eigenvalue weighted by atomic mass is 35.5. The van der Waals surface area contributed by atoms with Gasteiger partial charge in [0.25, 0.3) is 5.56 Å². The number of rotatable bonds is 4. The molecule has 1 fully saturated rings. The van der Waals surface area contributed by atoms with Crippen molar-refractivity contribution in [1.29, 1.82) is 0 Å². The quantitative estimate of drug-likeness (QED) is 0.587. The maximum absolute atomic E-state index is 12.7. The van der Waals surface area contributed by atoms with Crippen LogP contribution in [-0.4, -0.2) is 40.9 Å². The van der Waals surface area contributed by atoms with Crippen molar-refractivity contribution >= 4 is 40.5 Å². The number of hydrogen-bond donors (Lipinski definition) is 0. The SMILES string of the molecule is O=c1c(Cl)c(N2CCN(Cc3c(Cl)cccc3Cl)CC2)cnn1-c1ccccc1. The smallest absolute Gasteiger partial charge is 0.292 e. The third-order valence-electron chi connectivity index (χ3n) is 5.06. The van der Waals surface area contributed by atoms with Gasteiger partial charge in [0.2, 0.25) is 0 Å². The lowest BCUT2D eigenvalue weighted by Crippen LogP contribution is -2.46. The van der Waals surface area contributed by atoms with Crippen molar-refractivity contribution in [2.75, 3.05) is 31.1 Å². The van der Waals surface area contributed by atoms with E-state index in [0.717, 1.165) is 31.7 Å². The molecule has 1 aliphatic heterocycles. The van der Waals surface area contributed by atoms with Gasteiger partial charge >= 0.3 is 0 Å². The average molecular weight is 450 g/mol. The molecule has 0 radical (unpaired) electrons. The first-order valence-electron chi connectivity index (χ1n) is 9.28. The van der Waals surface area contributed by atoms with Crippen molar-refractivity contribution in [1.82, 2.24) is 14.7 Å². The summed E-state index contributed by atoms with van der Waals surface area (Å²) in [5.74, 6) is 0. The minimum Gasteiger partial charge on any atom is -0.366 e. The Hall–Kier alpha value is -2.05. The molecule has 150 valence electrons. The number of anilines is 1. The summed E-state index contributed by atoms with van der Waals surface area (Å²) >= 11 is 19.0. The number of aromatic nitrogens is 2. The Balaban J connectivity index is 1.48. The van der Waals surface area contributed by atoms with Crippen LogP contribution in [0, 0.1) is 0 Å². The molecule has 0 N–H and O–H groups in total. The zero-order valence-electron chi connectivity index (χ0n) is 15.6. The predicted molar refractivity (Wildman–Crippen MR) is 119 cm³/mol. The van der Waals surface area contributed by atoms with Gasteiger partial charge < -0.3 is 4.90 Å². The van der Waals surface area contributed by atoms with Gasteiger partial charge in [-0.3, -0.25) is 9.69 Å². The third-order valence-corrected chi connectivity index (χ3v) is 6.12. The fourth-order valence-corrected chi connectivity index (χ4v) is 4.22. The van der Waals surface area contributed by atoms with E-state index >= 15 is 0 Å². The normalized spacial score (nSPS) is 14.9. The van der Waals surface area contributed by atoms with Crippen LogP contribution < -0.4 is 10.5 Å². The van der Waals surface area contributed by atoms with E-state index in [9.17, 15) is 4.79 Å². The van der Waals surface area contributed by atoms with Gasteiger partial charge in [-0.15, -0.1) is 0 Å². The van der Waals surface area contributed by atoms with Gasteiger partial charge in [-0.25, -0.2) is 0 Å². The van der Waals surface area contributed by atoms with E-state index in [4.69, 9.17) is 34.8 Å². The van der Waals surface area contributed by atoms with Crippen molar-refractivity contribution in [3.05, 3.63) is 85.7 Å². The Labute approximate surface area is 184 Å². The van der Waals surface area contributed by atoms with Crippen molar-refractivity contribution in [3.8, 4) is 5.69 Å². The number of nitrogens with zero attached hydrogens (tertiary/aromatic N) is 4. The lowest BCUT2D eigenvalue weighted by atomic mass is 10.2. The second kappa shape index (κ2) is 8.76. The standard InChI is InChI=1S/C21H19Cl3N4O/c22-17-7-4-8-18(23)16(17)14-26-9-11-27(12-10-26)19-13-25-28(21(29)20(19)24)15-5-2-1-3-6-15/h1-8,13H,9-12,14H2. The molecular formula is C21H19Cl3N4O. The van der Waals surface area contributed by atoms with Crippen LogP contribution in [0.2, 0.25) is 15.1 Å². The monoisotopic (exact) mass is 448 g/mol. The highest BCUT2D eigenvalue weighted by molar-refractivity contribution is 6.36. The Bertz CT molecular complexity index is 1040. The van der Waals surface area contributed by atoms with Crippen LogP contribution in [0.4, 0.5) is 5.69 Å². The fourth-order valence-electron chi connectivity index (χ4n) is 3.45. The molecule has 2 heterocycles. The van der Waals surface area contributed by atoms with E-state index in [2.05, 4.69) is 14.9 Å².